The zero-order chi connectivity index (χ0) is 24.6. The van der Waals surface area contributed by atoms with Crippen LogP contribution in [-0.4, -0.2) is 28.0 Å². The maximum absolute atomic E-state index is 11.5. The molecule has 9 heteroatoms. The van der Waals surface area contributed by atoms with Gasteiger partial charge in [-0.05, 0) is 78.5 Å². The highest BCUT2D eigenvalue weighted by Crippen LogP contribution is 2.30. The van der Waals surface area contributed by atoms with Crippen molar-refractivity contribution in [2.75, 3.05) is 23.7 Å². The fourth-order valence-electron chi connectivity index (χ4n) is 4.56. The zero-order valence-electron chi connectivity index (χ0n) is 19.8. The molecule has 0 unspecified atom stereocenters. The van der Waals surface area contributed by atoms with E-state index in [4.69, 9.17) is 11.5 Å². The van der Waals surface area contributed by atoms with Crippen molar-refractivity contribution in [1.29, 1.82) is 0 Å². The molecule has 1 fully saturated rings. The van der Waals surface area contributed by atoms with Crippen LogP contribution in [-0.2, 0) is 13.1 Å². The van der Waals surface area contributed by atoms with E-state index in [2.05, 4.69) is 44.9 Å². The highest BCUT2D eigenvalue weighted by Gasteiger charge is 2.22. The van der Waals surface area contributed by atoms with Gasteiger partial charge in [-0.3, -0.25) is 10.1 Å². The molecule has 35 heavy (non-hydrogen) atoms. The Morgan fingerprint density at radius 1 is 0.943 bits per heavy atom. The molecule has 0 spiro atoms. The van der Waals surface area contributed by atoms with Crippen LogP contribution in [0, 0.1) is 22.0 Å². The van der Waals surface area contributed by atoms with Gasteiger partial charge in [-0.1, -0.05) is 36.4 Å². The molecule has 0 radical (unpaired) electrons. The number of nitro groups is 1. The van der Waals surface area contributed by atoms with E-state index in [0.29, 0.717) is 37.4 Å². The molecule has 184 valence electrons. The average molecular weight is 476 g/mol. The SMILES string of the molecule is NCc1cccc(-c2cccc(CNc3ncc([N+](=O)[O-])c(NCC4CCC(CN)CC4)n3)c2)c1. The van der Waals surface area contributed by atoms with Gasteiger partial charge >= 0.3 is 5.69 Å². The highest BCUT2D eigenvalue weighted by molar-refractivity contribution is 5.65. The summed E-state index contributed by atoms with van der Waals surface area (Å²) in [5.74, 6) is 1.66. The molecule has 1 saturated carbocycles. The first-order chi connectivity index (χ1) is 17.1. The third-order valence-corrected chi connectivity index (χ3v) is 6.70. The van der Waals surface area contributed by atoms with Crippen LogP contribution in [0.2, 0.25) is 0 Å². The molecule has 0 saturated heterocycles. The zero-order valence-corrected chi connectivity index (χ0v) is 19.8. The van der Waals surface area contributed by atoms with Crippen molar-refractivity contribution < 1.29 is 4.92 Å². The Labute approximate surface area is 205 Å². The number of nitrogens with zero attached hydrogens (tertiary/aromatic N) is 3. The number of nitrogens with one attached hydrogen (secondary N) is 2. The second kappa shape index (κ2) is 11.7. The number of anilines is 2. The third-order valence-electron chi connectivity index (χ3n) is 6.70. The topological polar surface area (TPSA) is 145 Å². The summed E-state index contributed by atoms with van der Waals surface area (Å²) >= 11 is 0. The fourth-order valence-corrected chi connectivity index (χ4v) is 4.56. The van der Waals surface area contributed by atoms with Crippen molar-refractivity contribution in [3.63, 3.8) is 0 Å². The van der Waals surface area contributed by atoms with E-state index in [9.17, 15) is 10.1 Å². The third kappa shape index (κ3) is 6.52. The van der Waals surface area contributed by atoms with Crippen molar-refractivity contribution in [3.05, 3.63) is 76.0 Å². The second-order valence-corrected chi connectivity index (χ2v) is 9.15. The largest absolute Gasteiger partial charge is 0.364 e. The Kier molecular flexibility index (Phi) is 8.23. The molecule has 0 aliphatic heterocycles. The standard InChI is InChI=1S/C26H33N7O2/c27-13-18-7-9-19(10-8-18)15-29-25-24(33(34)35)17-31-26(32-25)30-16-21-4-2-6-23(12-21)22-5-1-3-20(11-22)14-28/h1-6,11-12,17-19H,7-10,13-16,27-28H2,(H2,29,30,31,32). The van der Waals surface area contributed by atoms with Gasteiger partial charge in [-0.15, -0.1) is 0 Å². The van der Waals surface area contributed by atoms with Crippen LogP contribution in [0.5, 0.6) is 0 Å². The molecular formula is C26H33N7O2. The van der Waals surface area contributed by atoms with E-state index >= 15 is 0 Å². The minimum absolute atomic E-state index is 0.118. The molecule has 1 aliphatic rings. The van der Waals surface area contributed by atoms with Gasteiger partial charge in [0.25, 0.3) is 0 Å². The molecule has 0 bridgehead atoms. The van der Waals surface area contributed by atoms with Crippen LogP contribution in [0.25, 0.3) is 11.1 Å². The molecule has 0 amide bonds. The monoisotopic (exact) mass is 475 g/mol. The van der Waals surface area contributed by atoms with E-state index in [1.54, 1.807) is 0 Å². The van der Waals surface area contributed by atoms with Gasteiger partial charge in [-0.2, -0.15) is 4.98 Å². The normalized spacial score (nSPS) is 17.7. The van der Waals surface area contributed by atoms with Gasteiger partial charge in [0.1, 0.15) is 6.20 Å². The fraction of sp³-hybridized carbons (Fsp3) is 0.385. The number of hydrogen-bond donors (Lipinski definition) is 4. The number of hydrogen-bond acceptors (Lipinski definition) is 8. The molecule has 0 atom stereocenters. The summed E-state index contributed by atoms with van der Waals surface area (Å²) in [6, 6.07) is 16.4. The summed E-state index contributed by atoms with van der Waals surface area (Å²) < 4.78 is 0. The van der Waals surface area contributed by atoms with E-state index in [1.165, 1.54) is 6.20 Å². The molecule has 1 aromatic heterocycles. The van der Waals surface area contributed by atoms with Gasteiger partial charge in [0, 0.05) is 19.6 Å². The Morgan fingerprint density at radius 2 is 1.60 bits per heavy atom. The molecule has 9 nitrogen and oxygen atoms in total. The Balaban J connectivity index is 1.42. The second-order valence-electron chi connectivity index (χ2n) is 9.15. The number of nitrogens with two attached hydrogens (primary N) is 2. The molecule has 1 aliphatic carbocycles. The number of rotatable bonds is 10. The summed E-state index contributed by atoms with van der Waals surface area (Å²) in [6.07, 6.45) is 5.62. The summed E-state index contributed by atoms with van der Waals surface area (Å²) in [6.45, 7) is 2.37. The first kappa shape index (κ1) is 24.6. The lowest BCUT2D eigenvalue weighted by Crippen LogP contribution is -2.25. The maximum atomic E-state index is 11.5. The first-order valence-corrected chi connectivity index (χ1v) is 12.1. The van der Waals surface area contributed by atoms with Crippen molar-refractivity contribution in [1.82, 2.24) is 9.97 Å². The Morgan fingerprint density at radius 3 is 2.26 bits per heavy atom. The maximum Gasteiger partial charge on any atom is 0.329 e. The summed E-state index contributed by atoms with van der Waals surface area (Å²) in [7, 11) is 0. The van der Waals surface area contributed by atoms with E-state index in [1.807, 2.05) is 24.3 Å². The van der Waals surface area contributed by atoms with Crippen LogP contribution >= 0.6 is 0 Å². The number of benzene rings is 2. The van der Waals surface area contributed by atoms with Crippen LogP contribution in [0.1, 0.15) is 36.8 Å². The highest BCUT2D eigenvalue weighted by atomic mass is 16.6. The first-order valence-electron chi connectivity index (χ1n) is 12.1. The predicted molar refractivity (Wildman–Crippen MR) is 139 cm³/mol. The lowest BCUT2D eigenvalue weighted by atomic mass is 9.82. The summed E-state index contributed by atoms with van der Waals surface area (Å²) in [5, 5.41) is 17.9. The molecule has 1 heterocycles. The van der Waals surface area contributed by atoms with Crippen LogP contribution in [0.4, 0.5) is 17.5 Å². The van der Waals surface area contributed by atoms with Crippen LogP contribution in [0.15, 0.2) is 54.7 Å². The quantitative estimate of drug-likeness (QED) is 0.251. The minimum Gasteiger partial charge on any atom is -0.364 e. The van der Waals surface area contributed by atoms with Gasteiger partial charge in [0.15, 0.2) is 0 Å². The van der Waals surface area contributed by atoms with E-state index < -0.39 is 4.92 Å². The smallest absolute Gasteiger partial charge is 0.329 e. The average Bonchev–Trinajstić information content (AvgIpc) is 2.91. The Bertz CT molecular complexity index is 1150. The molecule has 6 N–H and O–H groups in total. The number of aromatic nitrogens is 2. The minimum atomic E-state index is -0.448. The lowest BCUT2D eigenvalue weighted by Gasteiger charge is -2.27. The van der Waals surface area contributed by atoms with Gasteiger partial charge in [0.2, 0.25) is 11.8 Å². The van der Waals surface area contributed by atoms with Crippen LogP contribution in [0.3, 0.4) is 0 Å². The van der Waals surface area contributed by atoms with Gasteiger partial charge in [0.05, 0.1) is 4.92 Å². The van der Waals surface area contributed by atoms with Crippen molar-refractivity contribution in [2.45, 2.75) is 38.8 Å². The van der Waals surface area contributed by atoms with Gasteiger partial charge in [-0.25, -0.2) is 4.98 Å². The van der Waals surface area contributed by atoms with Crippen molar-refractivity contribution >= 4 is 17.5 Å². The summed E-state index contributed by atoms with van der Waals surface area (Å²) in [4.78, 5) is 19.6. The van der Waals surface area contributed by atoms with E-state index in [-0.39, 0.29) is 11.5 Å². The van der Waals surface area contributed by atoms with Crippen molar-refractivity contribution in [3.8, 4) is 11.1 Å². The molecular weight excluding hydrogens is 442 g/mol. The Hall–Kier alpha value is -3.56. The predicted octanol–water partition coefficient (Wildman–Crippen LogP) is 4.30. The van der Waals surface area contributed by atoms with Crippen LogP contribution < -0.4 is 22.1 Å². The summed E-state index contributed by atoms with van der Waals surface area (Å²) in [5.41, 5.74) is 15.8. The lowest BCUT2D eigenvalue weighted by molar-refractivity contribution is -0.384. The van der Waals surface area contributed by atoms with E-state index in [0.717, 1.165) is 54.5 Å². The van der Waals surface area contributed by atoms with Crippen molar-refractivity contribution in [2.24, 2.45) is 23.3 Å². The molecule has 3 aromatic rings. The van der Waals surface area contributed by atoms with Gasteiger partial charge < -0.3 is 22.1 Å². The molecule has 4 rings (SSSR count). The molecule has 2 aromatic carbocycles.